The molecular formula is C18H15ClFN5OS2. The van der Waals surface area contributed by atoms with Gasteiger partial charge in [0.15, 0.2) is 5.78 Å². The lowest BCUT2D eigenvalue weighted by Crippen LogP contribution is -2.06. The maximum Gasteiger partial charge on any atom is 0.186 e. The van der Waals surface area contributed by atoms with E-state index in [2.05, 4.69) is 20.2 Å². The first-order valence-electron chi connectivity index (χ1n) is 8.05. The zero-order valence-electron chi connectivity index (χ0n) is 14.4. The van der Waals surface area contributed by atoms with Crippen molar-refractivity contribution in [1.82, 2.24) is 20.2 Å². The van der Waals surface area contributed by atoms with Crippen LogP contribution in [-0.4, -0.2) is 25.9 Å². The van der Waals surface area contributed by atoms with E-state index in [-0.39, 0.29) is 30.4 Å². The Morgan fingerprint density at radius 1 is 1.21 bits per heavy atom. The van der Waals surface area contributed by atoms with Crippen LogP contribution in [0.2, 0.25) is 0 Å². The number of nitrogens with zero attached hydrogens (tertiary/aromatic N) is 3. The van der Waals surface area contributed by atoms with Crippen LogP contribution in [0.3, 0.4) is 0 Å². The molecule has 144 valence electrons. The highest BCUT2D eigenvalue weighted by Gasteiger charge is 2.17. The smallest absolute Gasteiger partial charge is 0.186 e. The van der Waals surface area contributed by atoms with E-state index in [9.17, 15) is 9.18 Å². The summed E-state index contributed by atoms with van der Waals surface area (Å²) in [5.74, 6) is -0.512. The molecule has 3 aromatic heterocycles. The lowest BCUT2D eigenvalue weighted by atomic mass is 9.99. The normalized spacial score (nSPS) is 10.6. The first-order chi connectivity index (χ1) is 13.1. The Morgan fingerprint density at radius 2 is 2.07 bits per heavy atom. The number of aromatic nitrogens is 4. The zero-order valence-corrected chi connectivity index (χ0v) is 16.8. The number of nitrogens with one attached hydrogen (secondary N) is 1. The zero-order chi connectivity index (χ0) is 18.8. The molecule has 0 spiro atoms. The Morgan fingerprint density at radius 3 is 2.79 bits per heavy atom. The molecule has 0 unspecified atom stereocenters. The molecular weight excluding hydrogens is 421 g/mol. The van der Waals surface area contributed by atoms with E-state index in [0.29, 0.717) is 29.1 Å². The van der Waals surface area contributed by atoms with Crippen molar-refractivity contribution in [3.63, 3.8) is 0 Å². The molecule has 3 heterocycles. The van der Waals surface area contributed by atoms with E-state index in [4.69, 9.17) is 5.73 Å². The topological polar surface area (TPSA) is 97.5 Å². The van der Waals surface area contributed by atoms with Gasteiger partial charge in [-0.15, -0.1) is 35.1 Å². The molecule has 0 aliphatic carbocycles. The van der Waals surface area contributed by atoms with E-state index in [1.54, 1.807) is 23.8 Å². The van der Waals surface area contributed by atoms with Gasteiger partial charge in [0.25, 0.3) is 0 Å². The van der Waals surface area contributed by atoms with Crippen molar-refractivity contribution >= 4 is 40.9 Å². The summed E-state index contributed by atoms with van der Waals surface area (Å²) in [7, 11) is 0. The van der Waals surface area contributed by atoms with Gasteiger partial charge in [0.05, 0.1) is 11.9 Å². The molecule has 0 aliphatic heterocycles. The maximum atomic E-state index is 13.8. The highest BCUT2D eigenvalue weighted by Crippen LogP contribution is 2.28. The fraction of sp³-hybridized carbons (Fsp3) is 0.111. The Hall–Kier alpha value is -2.46. The summed E-state index contributed by atoms with van der Waals surface area (Å²) >= 11 is 2.79. The number of rotatable bonds is 6. The number of nitrogens with two attached hydrogens (primary N) is 1. The van der Waals surface area contributed by atoms with Crippen molar-refractivity contribution in [2.45, 2.75) is 13.0 Å². The fourth-order valence-corrected chi connectivity index (χ4v) is 4.12. The van der Waals surface area contributed by atoms with Gasteiger partial charge >= 0.3 is 0 Å². The van der Waals surface area contributed by atoms with Gasteiger partial charge in [-0.1, -0.05) is 6.07 Å². The first kappa shape index (κ1) is 20.3. The van der Waals surface area contributed by atoms with Gasteiger partial charge in [0.1, 0.15) is 21.5 Å². The second-order valence-corrected chi connectivity index (χ2v) is 7.56. The third-order valence-electron chi connectivity index (χ3n) is 3.96. The van der Waals surface area contributed by atoms with Gasteiger partial charge in [-0.05, 0) is 17.7 Å². The van der Waals surface area contributed by atoms with Crippen molar-refractivity contribution in [2.75, 3.05) is 0 Å². The number of ketones is 1. The molecule has 10 heteroatoms. The number of Topliss-reactive ketones (excluding diaryl/α,β-unsaturated/α-hetero) is 1. The molecule has 0 amide bonds. The summed E-state index contributed by atoms with van der Waals surface area (Å²) < 4.78 is 13.8. The molecule has 0 atom stereocenters. The third-order valence-corrected chi connectivity index (χ3v) is 5.72. The third kappa shape index (κ3) is 4.17. The molecule has 1 aromatic carbocycles. The average Bonchev–Trinajstić information content (AvgIpc) is 3.42. The average molecular weight is 436 g/mol. The monoisotopic (exact) mass is 435 g/mol. The van der Waals surface area contributed by atoms with Crippen LogP contribution in [0, 0.1) is 5.82 Å². The van der Waals surface area contributed by atoms with Crippen LogP contribution >= 0.6 is 35.1 Å². The number of aromatic amines is 1. The summed E-state index contributed by atoms with van der Waals surface area (Å²) in [5, 5.41) is 11.6. The van der Waals surface area contributed by atoms with Crippen LogP contribution in [0.5, 0.6) is 0 Å². The molecule has 0 fully saturated rings. The van der Waals surface area contributed by atoms with Crippen LogP contribution in [0.1, 0.15) is 21.1 Å². The molecule has 0 bridgehead atoms. The summed E-state index contributed by atoms with van der Waals surface area (Å²) in [6, 6.07) is 4.36. The molecule has 0 radical (unpaired) electrons. The molecule has 0 saturated heterocycles. The van der Waals surface area contributed by atoms with Gasteiger partial charge in [-0.3, -0.25) is 9.89 Å². The fourth-order valence-electron chi connectivity index (χ4n) is 2.64. The van der Waals surface area contributed by atoms with Crippen LogP contribution in [0.25, 0.3) is 21.8 Å². The van der Waals surface area contributed by atoms with Crippen molar-refractivity contribution in [3.05, 3.63) is 63.4 Å². The Bertz CT molecular complexity index is 1090. The molecule has 6 nitrogen and oxygen atoms in total. The number of thiazole rings is 2. The standard InChI is InChI=1S/C18H14FN5OS2.ClH/c19-12-2-1-10(13(4-12)14-8-26-17(5-20)23-14)3-16(25)15-9-27-18(24-15)11-6-21-22-7-11;/h1-2,4,6-9H,3,5,20H2,(H,21,22);1H. The Kier molecular flexibility index (Phi) is 6.30. The Balaban J connectivity index is 0.00000225. The SMILES string of the molecule is Cl.NCc1nc(-c2cc(F)ccc2CC(=O)c2csc(-c3cn[nH]c3)n2)cs1. The first-order valence-corrected chi connectivity index (χ1v) is 9.81. The minimum Gasteiger partial charge on any atom is -0.325 e. The number of halogens is 2. The lowest BCUT2D eigenvalue weighted by Gasteiger charge is -2.07. The minimum absolute atomic E-state index is 0. The predicted molar refractivity (Wildman–Crippen MR) is 110 cm³/mol. The van der Waals surface area contributed by atoms with E-state index >= 15 is 0 Å². The minimum atomic E-state index is -0.376. The van der Waals surface area contributed by atoms with Crippen LogP contribution in [0.15, 0.2) is 41.4 Å². The number of hydrogen-bond donors (Lipinski definition) is 2. The quantitative estimate of drug-likeness (QED) is 0.444. The van der Waals surface area contributed by atoms with Crippen molar-refractivity contribution in [1.29, 1.82) is 0 Å². The van der Waals surface area contributed by atoms with Gasteiger partial charge < -0.3 is 5.73 Å². The van der Waals surface area contributed by atoms with Crippen LogP contribution in [0.4, 0.5) is 4.39 Å². The van der Waals surface area contributed by atoms with E-state index in [1.807, 2.05) is 5.38 Å². The highest BCUT2D eigenvalue weighted by atomic mass is 35.5. The van der Waals surface area contributed by atoms with Gasteiger partial charge in [0, 0.05) is 41.0 Å². The van der Waals surface area contributed by atoms with E-state index in [1.165, 1.54) is 34.8 Å². The second kappa shape index (κ2) is 8.70. The summed E-state index contributed by atoms with van der Waals surface area (Å²) in [6.45, 7) is 0.323. The van der Waals surface area contributed by atoms with Gasteiger partial charge in [0.2, 0.25) is 0 Å². The number of carbonyl (C=O) groups is 1. The highest BCUT2D eigenvalue weighted by molar-refractivity contribution is 7.13. The van der Waals surface area contributed by atoms with Crippen molar-refractivity contribution in [3.8, 4) is 21.8 Å². The van der Waals surface area contributed by atoms with Gasteiger partial charge in [-0.25, -0.2) is 14.4 Å². The summed E-state index contributed by atoms with van der Waals surface area (Å²) in [4.78, 5) is 21.5. The van der Waals surface area contributed by atoms with Crippen LogP contribution < -0.4 is 5.73 Å². The number of benzene rings is 1. The van der Waals surface area contributed by atoms with Crippen LogP contribution in [-0.2, 0) is 13.0 Å². The van der Waals surface area contributed by atoms with Crippen molar-refractivity contribution in [2.24, 2.45) is 5.73 Å². The number of carbonyl (C=O) groups excluding carboxylic acids is 1. The second-order valence-electron chi connectivity index (χ2n) is 5.76. The van der Waals surface area contributed by atoms with Crippen molar-refractivity contribution < 1.29 is 9.18 Å². The molecule has 3 N–H and O–H groups in total. The summed E-state index contributed by atoms with van der Waals surface area (Å²) in [5.41, 5.74) is 8.76. The lowest BCUT2D eigenvalue weighted by molar-refractivity contribution is 0.0989. The van der Waals surface area contributed by atoms with E-state index < -0.39 is 0 Å². The maximum absolute atomic E-state index is 13.8. The largest absolute Gasteiger partial charge is 0.325 e. The molecule has 4 rings (SSSR count). The molecule has 28 heavy (non-hydrogen) atoms. The summed E-state index contributed by atoms with van der Waals surface area (Å²) in [6.07, 6.45) is 3.49. The Labute approximate surface area is 174 Å². The number of H-pyrrole nitrogens is 1. The molecule has 0 saturated carbocycles. The van der Waals surface area contributed by atoms with Gasteiger partial charge in [-0.2, -0.15) is 5.10 Å². The molecule has 4 aromatic rings. The van der Waals surface area contributed by atoms with E-state index in [0.717, 1.165) is 15.6 Å². The number of hydrogen-bond acceptors (Lipinski definition) is 7. The molecule has 0 aliphatic rings. The predicted octanol–water partition coefficient (Wildman–Crippen LogP) is 4.10.